The lowest BCUT2D eigenvalue weighted by Crippen LogP contribution is -2.32. The molecule has 1 aromatic rings. The van der Waals surface area contributed by atoms with Crippen LogP contribution < -0.4 is 10.0 Å². The molecule has 0 amide bonds. The van der Waals surface area contributed by atoms with Crippen LogP contribution in [-0.2, 0) is 16.6 Å². The van der Waals surface area contributed by atoms with E-state index in [2.05, 4.69) is 10.0 Å². The number of hydrogen-bond donors (Lipinski definition) is 2. The van der Waals surface area contributed by atoms with Crippen LogP contribution in [0.2, 0.25) is 0 Å². The van der Waals surface area contributed by atoms with Crippen molar-refractivity contribution in [3.05, 3.63) is 15.8 Å². The number of aryl methyl sites for hydroxylation is 1. The van der Waals surface area contributed by atoms with E-state index in [1.54, 1.807) is 17.4 Å². The molecule has 0 unspecified atom stereocenters. The molecule has 19 heavy (non-hydrogen) atoms. The SMILES string of the molecule is CCNCc1cc(S(=O)(=O)NCC2CCC2)c(C)s1. The second kappa shape index (κ2) is 6.35. The summed E-state index contributed by atoms with van der Waals surface area (Å²) >= 11 is 1.55. The van der Waals surface area contributed by atoms with Gasteiger partial charge in [0.25, 0.3) is 0 Å². The van der Waals surface area contributed by atoms with Gasteiger partial charge < -0.3 is 5.32 Å². The molecule has 1 aliphatic rings. The van der Waals surface area contributed by atoms with Crippen molar-refractivity contribution in [1.29, 1.82) is 0 Å². The van der Waals surface area contributed by atoms with E-state index in [4.69, 9.17) is 0 Å². The Hall–Kier alpha value is -0.430. The second-order valence-corrected chi connectivity index (χ2v) is 8.14. The molecule has 1 fully saturated rings. The molecule has 2 N–H and O–H groups in total. The van der Waals surface area contributed by atoms with E-state index in [1.807, 2.05) is 13.8 Å². The minimum Gasteiger partial charge on any atom is -0.312 e. The van der Waals surface area contributed by atoms with E-state index in [1.165, 1.54) is 6.42 Å². The van der Waals surface area contributed by atoms with E-state index < -0.39 is 10.0 Å². The molecule has 0 atom stereocenters. The number of thiophene rings is 1. The third kappa shape index (κ3) is 3.78. The Labute approximate surface area is 119 Å². The summed E-state index contributed by atoms with van der Waals surface area (Å²) in [6.07, 6.45) is 3.53. The molecule has 108 valence electrons. The van der Waals surface area contributed by atoms with Crippen LogP contribution in [0.3, 0.4) is 0 Å². The molecule has 4 nitrogen and oxygen atoms in total. The van der Waals surface area contributed by atoms with Crippen molar-refractivity contribution >= 4 is 21.4 Å². The van der Waals surface area contributed by atoms with Gasteiger partial charge in [-0.3, -0.25) is 0 Å². The van der Waals surface area contributed by atoms with Crippen molar-refractivity contribution in [1.82, 2.24) is 10.0 Å². The standard InChI is InChI=1S/C13H22N2O2S2/c1-3-14-9-12-7-13(10(2)18-12)19(16,17)15-8-11-5-4-6-11/h7,11,14-15H,3-6,8-9H2,1-2H3. The molecule has 6 heteroatoms. The van der Waals surface area contributed by atoms with Crippen molar-refractivity contribution in [2.75, 3.05) is 13.1 Å². The zero-order valence-electron chi connectivity index (χ0n) is 11.5. The molecule has 0 spiro atoms. The smallest absolute Gasteiger partial charge is 0.241 e. The van der Waals surface area contributed by atoms with Gasteiger partial charge in [-0.1, -0.05) is 13.3 Å². The maximum Gasteiger partial charge on any atom is 0.241 e. The molecule has 0 radical (unpaired) electrons. The lowest BCUT2D eigenvalue weighted by molar-refractivity contribution is 0.316. The lowest BCUT2D eigenvalue weighted by atomic mass is 9.86. The topological polar surface area (TPSA) is 58.2 Å². The van der Waals surface area contributed by atoms with E-state index >= 15 is 0 Å². The molecular weight excluding hydrogens is 280 g/mol. The minimum absolute atomic E-state index is 0.449. The molecule has 1 saturated carbocycles. The van der Waals surface area contributed by atoms with Crippen LogP contribution in [0.15, 0.2) is 11.0 Å². The Bertz CT molecular complexity index is 519. The predicted octanol–water partition coefficient (Wildman–Crippen LogP) is 2.24. The molecule has 2 rings (SSSR count). The van der Waals surface area contributed by atoms with Gasteiger partial charge in [-0.25, -0.2) is 13.1 Å². The highest BCUT2D eigenvalue weighted by Crippen LogP contribution is 2.28. The van der Waals surface area contributed by atoms with Crippen molar-refractivity contribution in [2.24, 2.45) is 5.92 Å². The van der Waals surface area contributed by atoms with Crippen LogP contribution in [-0.4, -0.2) is 21.5 Å². The fourth-order valence-electron chi connectivity index (χ4n) is 2.13. The molecule has 1 aromatic heterocycles. The number of hydrogen-bond acceptors (Lipinski definition) is 4. The Kier molecular flexibility index (Phi) is 5.00. The zero-order valence-corrected chi connectivity index (χ0v) is 13.2. The third-order valence-electron chi connectivity index (χ3n) is 3.55. The highest BCUT2D eigenvalue weighted by Gasteiger charge is 2.23. The highest BCUT2D eigenvalue weighted by molar-refractivity contribution is 7.89. The molecule has 1 heterocycles. The molecule has 0 aliphatic heterocycles. The first-order valence-corrected chi connectivity index (χ1v) is 9.12. The largest absolute Gasteiger partial charge is 0.312 e. The number of sulfonamides is 1. The average molecular weight is 302 g/mol. The summed E-state index contributed by atoms with van der Waals surface area (Å²) in [5.41, 5.74) is 0. The number of rotatable bonds is 7. The van der Waals surface area contributed by atoms with Crippen molar-refractivity contribution in [3.8, 4) is 0 Å². The van der Waals surface area contributed by atoms with Gasteiger partial charge in [0, 0.05) is 22.8 Å². The normalized spacial score (nSPS) is 16.5. The van der Waals surface area contributed by atoms with Gasteiger partial charge in [-0.05, 0) is 38.3 Å². The second-order valence-electron chi connectivity index (χ2n) is 5.06. The Balaban J connectivity index is 2.03. The van der Waals surface area contributed by atoms with Crippen LogP contribution in [0.5, 0.6) is 0 Å². The van der Waals surface area contributed by atoms with E-state index in [0.29, 0.717) is 17.4 Å². The molecule has 0 aromatic carbocycles. The van der Waals surface area contributed by atoms with Crippen molar-refractivity contribution in [2.45, 2.75) is 44.6 Å². The average Bonchev–Trinajstić information content (AvgIpc) is 2.66. The maximum absolute atomic E-state index is 12.3. The summed E-state index contributed by atoms with van der Waals surface area (Å²) in [6, 6.07) is 1.80. The Morgan fingerprint density at radius 1 is 1.42 bits per heavy atom. The van der Waals surface area contributed by atoms with E-state index in [0.717, 1.165) is 35.7 Å². The monoisotopic (exact) mass is 302 g/mol. The number of nitrogens with one attached hydrogen (secondary N) is 2. The van der Waals surface area contributed by atoms with Gasteiger partial charge in [0.2, 0.25) is 10.0 Å². The van der Waals surface area contributed by atoms with Crippen LogP contribution in [0, 0.1) is 12.8 Å². The van der Waals surface area contributed by atoms with Crippen LogP contribution in [0.25, 0.3) is 0 Å². The molecule has 0 bridgehead atoms. The fourth-order valence-corrected chi connectivity index (χ4v) is 4.85. The van der Waals surface area contributed by atoms with Gasteiger partial charge in [-0.2, -0.15) is 0 Å². The zero-order chi connectivity index (χ0) is 13.9. The predicted molar refractivity (Wildman–Crippen MR) is 79.0 cm³/mol. The Morgan fingerprint density at radius 2 is 2.16 bits per heavy atom. The summed E-state index contributed by atoms with van der Waals surface area (Å²) in [5, 5.41) is 3.22. The summed E-state index contributed by atoms with van der Waals surface area (Å²) < 4.78 is 27.3. The highest BCUT2D eigenvalue weighted by atomic mass is 32.2. The maximum atomic E-state index is 12.3. The van der Waals surface area contributed by atoms with E-state index in [-0.39, 0.29) is 0 Å². The molecule has 1 aliphatic carbocycles. The molecular formula is C13H22N2O2S2. The quantitative estimate of drug-likeness (QED) is 0.812. The summed E-state index contributed by atoms with van der Waals surface area (Å²) in [5.74, 6) is 0.537. The van der Waals surface area contributed by atoms with Crippen molar-refractivity contribution in [3.63, 3.8) is 0 Å². The van der Waals surface area contributed by atoms with Gasteiger partial charge in [0.1, 0.15) is 0 Å². The van der Waals surface area contributed by atoms with Crippen LogP contribution >= 0.6 is 11.3 Å². The minimum atomic E-state index is -3.33. The van der Waals surface area contributed by atoms with Gasteiger partial charge in [-0.15, -0.1) is 11.3 Å². The third-order valence-corrected chi connectivity index (χ3v) is 6.28. The first kappa shape index (κ1) is 15.0. The van der Waals surface area contributed by atoms with E-state index in [9.17, 15) is 8.42 Å². The summed E-state index contributed by atoms with van der Waals surface area (Å²) in [6.45, 7) is 6.12. The molecule has 0 saturated heterocycles. The first-order chi connectivity index (χ1) is 9.03. The van der Waals surface area contributed by atoms with Crippen LogP contribution in [0.4, 0.5) is 0 Å². The fraction of sp³-hybridized carbons (Fsp3) is 0.692. The van der Waals surface area contributed by atoms with Gasteiger partial charge >= 0.3 is 0 Å². The summed E-state index contributed by atoms with van der Waals surface area (Å²) in [4.78, 5) is 2.39. The summed E-state index contributed by atoms with van der Waals surface area (Å²) in [7, 11) is -3.33. The lowest BCUT2D eigenvalue weighted by Gasteiger charge is -2.25. The van der Waals surface area contributed by atoms with Crippen molar-refractivity contribution < 1.29 is 8.42 Å². The Morgan fingerprint density at radius 3 is 2.74 bits per heavy atom. The first-order valence-electron chi connectivity index (χ1n) is 6.82. The van der Waals surface area contributed by atoms with Crippen LogP contribution in [0.1, 0.15) is 35.9 Å². The van der Waals surface area contributed by atoms with Gasteiger partial charge in [0.05, 0.1) is 4.90 Å². The van der Waals surface area contributed by atoms with Gasteiger partial charge in [0.15, 0.2) is 0 Å².